The fourth-order valence-electron chi connectivity index (χ4n) is 1.22. The molecule has 0 saturated carbocycles. The lowest BCUT2D eigenvalue weighted by Gasteiger charge is -2.27. The summed E-state index contributed by atoms with van der Waals surface area (Å²) in [4.78, 5) is 23.8. The fourth-order valence-corrected chi connectivity index (χ4v) is 2.36. The lowest BCUT2D eigenvalue weighted by Crippen LogP contribution is -2.54. The number of hydrogen-bond acceptors (Lipinski definition) is 4. The number of thioether (sulfide) groups is 1. The molecule has 1 fully saturated rings. The summed E-state index contributed by atoms with van der Waals surface area (Å²) in [5.41, 5.74) is 4.63. The third-order valence-electron chi connectivity index (χ3n) is 1.98. The first-order valence-electron chi connectivity index (χ1n) is 4.24. The Morgan fingerprint density at radius 1 is 1.57 bits per heavy atom. The van der Waals surface area contributed by atoms with Crippen molar-refractivity contribution in [3.8, 4) is 0 Å². The molecule has 5 nitrogen and oxygen atoms in total. The Balaban J connectivity index is 2.77. The second-order valence-electron chi connectivity index (χ2n) is 3.85. The second-order valence-corrected chi connectivity index (χ2v) is 4.85. The van der Waals surface area contributed by atoms with Gasteiger partial charge >= 0.3 is 5.97 Å². The van der Waals surface area contributed by atoms with Crippen molar-refractivity contribution in [3.05, 3.63) is 0 Å². The number of amides is 1. The fraction of sp³-hybridized carbons (Fsp3) is 0.750. The minimum Gasteiger partial charge on any atom is -0.480 e. The molecule has 1 saturated heterocycles. The maximum Gasteiger partial charge on any atom is 0.327 e. The van der Waals surface area contributed by atoms with Gasteiger partial charge in [-0.15, -0.1) is 11.8 Å². The lowest BCUT2D eigenvalue weighted by atomic mass is 10.0. The molecule has 0 aromatic heterocycles. The van der Waals surface area contributed by atoms with Crippen LogP contribution in [0.25, 0.3) is 0 Å². The summed E-state index contributed by atoms with van der Waals surface area (Å²) in [7, 11) is 0. The molecule has 0 radical (unpaired) electrons. The van der Waals surface area contributed by atoms with E-state index in [4.69, 9.17) is 10.8 Å². The first-order valence-corrected chi connectivity index (χ1v) is 5.40. The highest BCUT2D eigenvalue weighted by Gasteiger charge is 2.39. The number of nitrogens with two attached hydrogens (primary N) is 1. The Bertz CT molecular complexity index is 262. The van der Waals surface area contributed by atoms with Crippen molar-refractivity contribution < 1.29 is 14.7 Å². The molecule has 1 amide bonds. The van der Waals surface area contributed by atoms with Gasteiger partial charge in [-0.3, -0.25) is 4.79 Å². The van der Waals surface area contributed by atoms with Gasteiger partial charge in [0, 0.05) is 5.75 Å². The van der Waals surface area contributed by atoms with Gasteiger partial charge in [0.2, 0.25) is 5.91 Å². The summed E-state index contributed by atoms with van der Waals surface area (Å²) in [5, 5.41) is 8.85. The smallest absolute Gasteiger partial charge is 0.327 e. The Labute approximate surface area is 86.6 Å². The molecule has 1 aliphatic heterocycles. The Kier molecular flexibility index (Phi) is 3.06. The highest BCUT2D eigenvalue weighted by atomic mass is 32.2. The van der Waals surface area contributed by atoms with Crippen molar-refractivity contribution in [2.45, 2.75) is 25.4 Å². The maximum absolute atomic E-state index is 11.7. The molecule has 0 bridgehead atoms. The van der Waals surface area contributed by atoms with E-state index in [1.165, 1.54) is 16.7 Å². The quantitative estimate of drug-likeness (QED) is 0.665. The third kappa shape index (κ3) is 2.19. The highest BCUT2D eigenvalue weighted by Crippen LogP contribution is 2.23. The predicted octanol–water partition coefficient (Wildman–Crippen LogP) is -0.290. The van der Waals surface area contributed by atoms with Crippen molar-refractivity contribution in [3.63, 3.8) is 0 Å². The average Bonchev–Trinajstić information content (AvgIpc) is 2.48. The van der Waals surface area contributed by atoms with Crippen LogP contribution < -0.4 is 5.73 Å². The Morgan fingerprint density at radius 3 is 2.57 bits per heavy atom. The molecule has 1 atom stereocenters. The number of carboxylic acid groups (broad SMARTS) is 1. The summed E-state index contributed by atoms with van der Waals surface area (Å²) in [5.74, 6) is -0.421. The van der Waals surface area contributed by atoms with Gasteiger partial charge in [-0.25, -0.2) is 4.79 Å². The van der Waals surface area contributed by atoms with Crippen LogP contribution in [0.5, 0.6) is 0 Å². The number of nitrogens with zero attached hydrogens (tertiary/aromatic N) is 1. The SMILES string of the molecule is CC(C)(N)C(=O)N1CSC[C@H]1C(=O)O. The monoisotopic (exact) mass is 218 g/mol. The van der Waals surface area contributed by atoms with Gasteiger partial charge in [-0.05, 0) is 13.8 Å². The van der Waals surface area contributed by atoms with Crippen molar-refractivity contribution in [1.29, 1.82) is 0 Å². The summed E-state index contributed by atoms with van der Waals surface area (Å²) >= 11 is 1.43. The summed E-state index contributed by atoms with van der Waals surface area (Å²) in [6.45, 7) is 3.16. The first-order chi connectivity index (χ1) is 6.34. The minimum absolute atomic E-state index is 0.310. The first kappa shape index (κ1) is 11.3. The molecular weight excluding hydrogens is 204 g/mol. The van der Waals surface area contributed by atoms with E-state index >= 15 is 0 Å². The van der Waals surface area contributed by atoms with Crippen LogP contribution in [0.4, 0.5) is 0 Å². The Morgan fingerprint density at radius 2 is 2.14 bits per heavy atom. The zero-order chi connectivity index (χ0) is 10.9. The topological polar surface area (TPSA) is 83.6 Å². The number of carbonyl (C=O) groups excluding carboxylic acids is 1. The molecule has 0 unspecified atom stereocenters. The molecule has 0 aliphatic carbocycles. The summed E-state index contributed by atoms with van der Waals surface area (Å²) < 4.78 is 0. The van der Waals surface area contributed by atoms with Crippen LogP contribution in [0, 0.1) is 0 Å². The number of rotatable bonds is 2. The zero-order valence-corrected chi connectivity index (χ0v) is 9.00. The predicted molar refractivity (Wildman–Crippen MR) is 53.9 cm³/mol. The number of carboxylic acids is 1. The summed E-state index contributed by atoms with van der Waals surface area (Å²) in [6.07, 6.45) is 0. The molecule has 80 valence electrons. The van der Waals surface area contributed by atoms with E-state index in [1.54, 1.807) is 13.8 Å². The van der Waals surface area contributed by atoms with E-state index < -0.39 is 17.6 Å². The van der Waals surface area contributed by atoms with Gasteiger partial charge in [0.05, 0.1) is 11.4 Å². The van der Waals surface area contributed by atoms with Crippen LogP contribution in [-0.2, 0) is 9.59 Å². The van der Waals surface area contributed by atoms with Gasteiger partial charge in [-0.2, -0.15) is 0 Å². The Hall–Kier alpha value is -0.750. The molecule has 1 rings (SSSR count). The van der Waals surface area contributed by atoms with E-state index in [0.29, 0.717) is 11.6 Å². The molecule has 1 heterocycles. The van der Waals surface area contributed by atoms with Gasteiger partial charge in [0.25, 0.3) is 0 Å². The van der Waals surface area contributed by atoms with E-state index in [-0.39, 0.29) is 5.91 Å². The van der Waals surface area contributed by atoms with Gasteiger partial charge < -0.3 is 15.7 Å². The second kappa shape index (κ2) is 3.78. The van der Waals surface area contributed by atoms with Gasteiger partial charge in [0.1, 0.15) is 6.04 Å². The van der Waals surface area contributed by atoms with Crippen LogP contribution in [0.2, 0.25) is 0 Å². The van der Waals surface area contributed by atoms with Gasteiger partial charge in [0.15, 0.2) is 0 Å². The molecule has 0 aromatic carbocycles. The molecule has 6 heteroatoms. The van der Waals surface area contributed by atoms with Crippen LogP contribution in [-0.4, -0.2) is 45.1 Å². The lowest BCUT2D eigenvalue weighted by molar-refractivity contribution is -0.149. The third-order valence-corrected chi connectivity index (χ3v) is 2.99. The standard InChI is InChI=1S/C8H14N2O3S/c1-8(2,9)7(13)10-4-14-3-5(10)6(11)12/h5H,3-4,9H2,1-2H3,(H,11,12)/t5-/m0/s1. The number of hydrogen-bond donors (Lipinski definition) is 2. The van der Waals surface area contributed by atoms with Crippen molar-refractivity contribution in [2.75, 3.05) is 11.6 Å². The highest BCUT2D eigenvalue weighted by molar-refractivity contribution is 7.99. The number of carbonyl (C=O) groups is 2. The molecule has 0 spiro atoms. The van der Waals surface area contributed by atoms with Crippen LogP contribution in [0.1, 0.15) is 13.8 Å². The van der Waals surface area contributed by atoms with Crippen LogP contribution in [0.3, 0.4) is 0 Å². The zero-order valence-electron chi connectivity index (χ0n) is 8.19. The van der Waals surface area contributed by atoms with Crippen molar-refractivity contribution in [1.82, 2.24) is 4.90 Å². The van der Waals surface area contributed by atoms with Crippen molar-refractivity contribution in [2.24, 2.45) is 5.73 Å². The normalized spacial score (nSPS) is 22.5. The van der Waals surface area contributed by atoms with E-state index in [9.17, 15) is 9.59 Å². The van der Waals surface area contributed by atoms with Crippen LogP contribution >= 0.6 is 11.8 Å². The maximum atomic E-state index is 11.7. The van der Waals surface area contributed by atoms with Crippen LogP contribution in [0.15, 0.2) is 0 Å². The number of aliphatic carboxylic acids is 1. The largest absolute Gasteiger partial charge is 0.480 e. The van der Waals surface area contributed by atoms with E-state index in [0.717, 1.165) is 0 Å². The summed E-state index contributed by atoms with van der Waals surface area (Å²) in [6, 6.07) is -0.727. The molecule has 14 heavy (non-hydrogen) atoms. The molecule has 3 N–H and O–H groups in total. The molecule has 0 aromatic rings. The molecular formula is C8H14N2O3S. The average molecular weight is 218 g/mol. The molecule has 1 aliphatic rings. The van der Waals surface area contributed by atoms with Gasteiger partial charge in [-0.1, -0.05) is 0 Å². The van der Waals surface area contributed by atoms with E-state index in [1.807, 2.05) is 0 Å². The minimum atomic E-state index is -1.00. The van der Waals surface area contributed by atoms with E-state index in [2.05, 4.69) is 0 Å². The van der Waals surface area contributed by atoms with Crippen molar-refractivity contribution >= 4 is 23.6 Å².